The van der Waals surface area contributed by atoms with Gasteiger partial charge in [0, 0.05) is 44.6 Å². The van der Waals surface area contributed by atoms with E-state index in [0.29, 0.717) is 13.1 Å². The van der Waals surface area contributed by atoms with Crippen molar-refractivity contribution in [2.24, 2.45) is 4.99 Å². The molecule has 0 unspecified atom stereocenters. The van der Waals surface area contributed by atoms with Gasteiger partial charge in [0.2, 0.25) is 0 Å². The van der Waals surface area contributed by atoms with Crippen LogP contribution in [-0.2, 0) is 13.1 Å². The first kappa shape index (κ1) is 21.7. The molecule has 0 spiro atoms. The van der Waals surface area contributed by atoms with Gasteiger partial charge in [0.25, 0.3) is 0 Å². The Morgan fingerprint density at radius 1 is 1.06 bits per heavy atom. The number of aliphatic imine (C=N–C) groups is 1. The Balaban J connectivity index is 1.34. The van der Waals surface area contributed by atoms with Crippen LogP contribution >= 0.6 is 0 Å². The molecule has 168 valence electrons. The van der Waals surface area contributed by atoms with Crippen LogP contribution in [0, 0.1) is 5.82 Å². The fourth-order valence-corrected chi connectivity index (χ4v) is 3.67. The molecule has 8 heteroatoms. The summed E-state index contributed by atoms with van der Waals surface area (Å²) in [5.41, 5.74) is 2.16. The summed E-state index contributed by atoms with van der Waals surface area (Å²) in [5, 5.41) is 6.54. The highest BCUT2D eigenvalue weighted by Gasteiger charge is 2.18. The van der Waals surface area contributed by atoms with Crippen LogP contribution < -0.4 is 20.4 Å². The lowest BCUT2D eigenvalue weighted by Crippen LogP contribution is -2.46. The number of halogens is 1. The number of aromatic nitrogens is 1. The molecule has 0 aliphatic carbocycles. The van der Waals surface area contributed by atoms with Gasteiger partial charge in [0.05, 0.1) is 19.4 Å². The number of nitrogens with one attached hydrogen (secondary N) is 2. The van der Waals surface area contributed by atoms with Crippen molar-refractivity contribution in [2.75, 3.05) is 42.5 Å². The number of furan rings is 1. The first-order valence-corrected chi connectivity index (χ1v) is 11.0. The Bertz CT molecular complexity index is 998. The van der Waals surface area contributed by atoms with Gasteiger partial charge < -0.3 is 24.9 Å². The molecule has 1 aromatic carbocycles. The number of nitrogens with zero attached hydrogens (tertiary/aromatic N) is 4. The smallest absolute Gasteiger partial charge is 0.191 e. The monoisotopic (exact) mass is 436 g/mol. The summed E-state index contributed by atoms with van der Waals surface area (Å²) in [7, 11) is 0. The SMILES string of the molecule is CCNC(=NCc1ccnc(N2CCN(c3ccc(F)cc3)CC2)c1)NCc1ccco1. The van der Waals surface area contributed by atoms with Crippen molar-refractivity contribution >= 4 is 17.5 Å². The standard InChI is InChI=1S/C24H29FN6O/c1-2-26-24(29-18-22-4-3-15-32-22)28-17-19-9-10-27-23(16-19)31-13-11-30(12-14-31)21-7-5-20(25)6-8-21/h3-10,15-16H,2,11-14,17-18H2,1H3,(H2,26,28,29). The third kappa shape index (κ3) is 5.78. The Morgan fingerprint density at radius 2 is 1.84 bits per heavy atom. The van der Waals surface area contributed by atoms with Gasteiger partial charge >= 0.3 is 0 Å². The molecule has 0 amide bonds. The zero-order chi connectivity index (χ0) is 22.2. The summed E-state index contributed by atoms with van der Waals surface area (Å²) in [6.45, 7) is 7.43. The molecule has 1 fully saturated rings. The van der Waals surface area contributed by atoms with Crippen LogP contribution in [0.2, 0.25) is 0 Å². The van der Waals surface area contributed by atoms with E-state index in [9.17, 15) is 4.39 Å². The predicted octanol–water partition coefficient (Wildman–Crippen LogP) is 3.40. The largest absolute Gasteiger partial charge is 0.467 e. The maximum atomic E-state index is 13.2. The van der Waals surface area contributed by atoms with Gasteiger partial charge in [0.15, 0.2) is 5.96 Å². The molecule has 3 aromatic rings. The van der Waals surface area contributed by atoms with E-state index in [1.807, 2.05) is 43.5 Å². The average molecular weight is 437 g/mol. The highest BCUT2D eigenvalue weighted by atomic mass is 19.1. The van der Waals surface area contributed by atoms with E-state index in [2.05, 4.69) is 31.5 Å². The zero-order valence-corrected chi connectivity index (χ0v) is 18.3. The molecule has 1 aliphatic heterocycles. The summed E-state index contributed by atoms with van der Waals surface area (Å²) >= 11 is 0. The Morgan fingerprint density at radius 3 is 2.56 bits per heavy atom. The molecule has 4 rings (SSSR count). The number of anilines is 2. The molecule has 7 nitrogen and oxygen atoms in total. The van der Waals surface area contributed by atoms with Crippen LogP contribution in [0.15, 0.2) is 70.4 Å². The second kappa shape index (κ2) is 10.7. The van der Waals surface area contributed by atoms with E-state index >= 15 is 0 Å². The normalized spacial score (nSPS) is 14.5. The number of hydrogen-bond acceptors (Lipinski definition) is 5. The highest BCUT2D eigenvalue weighted by molar-refractivity contribution is 5.79. The number of benzene rings is 1. The Labute approximate surface area is 188 Å². The molecule has 2 N–H and O–H groups in total. The van der Waals surface area contributed by atoms with Gasteiger partial charge in [-0.05, 0) is 61.0 Å². The quantitative estimate of drug-likeness (QED) is 0.437. The molecule has 0 bridgehead atoms. The van der Waals surface area contributed by atoms with E-state index in [1.165, 1.54) is 12.1 Å². The predicted molar refractivity (Wildman–Crippen MR) is 125 cm³/mol. The fourth-order valence-electron chi connectivity index (χ4n) is 3.67. The Kier molecular flexibility index (Phi) is 7.22. The van der Waals surface area contributed by atoms with Gasteiger partial charge in [-0.1, -0.05) is 0 Å². The summed E-state index contributed by atoms with van der Waals surface area (Å²) in [4.78, 5) is 13.8. The first-order chi connectivity index (χ1) is 15.7. The second-order valence-corrected chi connectivity index (χ2v) is 7.60. The van der Waals surface area contributed by atoms with E-state index < -0.39 is 0 Å². The molecule has 0 radical (unpaired) electrons. The van der Waals surface area contributed by atoms with E-state index in [1.54, 1.807) is 6.26 Å². The van der Waals surface area contributed by atoms with Crippen LogP contribution in [0.5, 0.6) is 0 Å². The lowest BCUT2D eigenvalue weighted by Gasteiger charge is -2.36. The van der Waals surface area contributed by atoms with Crippen molar-refractivity contribution in [3.05, 3.63) is 78.1 Å². The van der Waals surface area contributed by atoms with Crippen LogP contribution in [0.3, 0.4) is 0 Å². The molecule has 32 heavy (non-hydrogen) atoms. The minimum absolute atomic E-state index is 0.204. The number of pyridine rings is 1. The molecule has 1 saturated heterocycles. The van der Waals surface area contributed by atoms with Crippen molar-refractivity contribution in [3.8, 4) is 0 Å². The van der Waals surface area contributed by atoms with Crippen LogP contribution in [0.25, 0.3) is 0 Å². The summed E-state index contributed by atoms with van der Waals surface area (Å²) in [5.74, 6) is 2.37. The van der Waals surface area contributed by atoms with E-state index in [-0.39, 0.29) is 5.82 Å². The maximum absolute atomic E-state index is 13.2. The Hall–Kier alpha value is -3.55. The van der Waals surface area contributed by atoms with Crippen LogP contribution in [0.4, 0.5) is 15.9 Å². The van der Waals surface area contributed by atoms with Crippen molar-refractivity contribution < 1.29 is 8.81 Å². The lowest BCUT2D eigenvalue weighted by molar-refractivity contribution is 0.501. The molecular formula is C24H29FN6O. The molecule has 0 saturated carbocycles. The van der Waals surface area contributed by atoms with Crippen LogP contribution in [-0.4, -0.2) is 43.7 Å². The van der Waals surface area contributed by atoms with Crippen molar-refractivity contribution in [1.29, 1.82) is 0 Å². The van der Waals surface area contributed by atoms with Gasteiger partial charge in [0.1, 0.15) is 17.4 Å². The molecule has 2 aromatic heterocycles. The van der Waals surface area contributed by atoms with Crippen molar-refractivity contribution in [1.82, 2.24) is 15.6 Å². The first-order valence-electron chi connectivity index (χ1n) is 11.0. The average Bonchev–Trinajstić information content (AvgIpc) is 3.35. The van der Waals surface area contributed by atoms with Gasteiger partial charge in [-0.2, -0.15) is 0 Å². The third-order valence-corrected chi connectivity index (χ3v) is 5.38. The van der Waals surface area contributed by atoms with Crippen molar-refractivity contribution in [2.45, 2.75) is 20.0 Å². The highest BCUT2D eigenvalue weighted by Crippen LogP contribution is 2.20. The molecule has 0 atom stereocenters. The van der Waals surface area contributed by atoms with Crippen LogP contribution in [0.1, 0.15) is 18.2 Å². The van der Waals surface area contributed by atoms with E-state index in [0.717, 1.165) is 61.5 Å². The molecular weight excluding hydrogens is 407 g/mol. The molecule has 1 aliphatic rings. The zero-order valence-electron chi connectivity index (χ0n) is 18.3. The van der Waals surface area contributed by atoms with Gasteiger partial charge in [-0.3, -0.25) is 0 Å². The topological polar surface area (TPSA) is 68.9 Å². The maximum Gasteiger partial charge on any atom is 0.191 e. The van der Waals surface area contributed by atoms with E-state index in [4.69, 9.17) is 9.41 Å². The summed E-state index contributed by atoms with van der Waals surface area (Å²) in [6.07, 6.45) is 3.51. The lowest BCUT2D eigenvalue weighted by atomic mass is 10.2. The van der Waals surface area contributed by atoms with Gasteiger partial charge in [-0.25, -0.2) is 14.4 Å². The fraction of sp³-hybridized carbons (Fsp3) is 0.333. The number of piperazine rings is 1. The summed E-state index contributed by atoms with van der Waals surface area (Å²) < 4.78 is 18.6. The second-order valence-electron chi connectivity index (χ2n) is 7.60. The summed E-state index contributed by atoms with van der Waals surface area (Å²) in [6, 6.07) is 14.6. The van der Waals surface area contributed by atoms with Crippen molar-refractivity contribution in [3.63, 3.8) is 0 Å². The third-order valence-electron chi connectivity index (χ3n) is 5.38. The molecule has 3 heterocycles. The minimum Gasteiger partial charge on any atom is -0.467 e. The van der Waals surface area contributed by atoms with Gasteiger partial charge in [-0.15, -0.1) is 0 Å². The minimum atomic E-state index is -0.204. The number of rotatable bonds is 7. The number of guanidine groups is 1. The number of hydrogen-bond donors (Lipinski definition) is 2.